The normalized spacial score (nSPS) is 18.2. The summed E-state index contributed by atoms with van der Waals surface area (Å²) >= 11 is 0. The van der Waals surface area contributed by atoms with Gasteiger partial charge in [-0.25, -0.2) is 0 Å². The van der Waals surface area contributed by atoms with Gasteiger partial charge >= 0.3 is 5.97 Å². The van der Waals surface area contributed by atoms with Crippen LogP contribution in [0.25, 0.3) is 0 Å². The molecule has 4 N–H and O–H groups in total. The summed E-state index contributed by atoms with van der Waals surface area (Å²) in [5.41, 5.74) is 7.95. The predicted molar refractivity (Wildman–Crippen MR) is 106 cm³/mol. The fraction of sp³-hybridized carbons (Fsp3) is 0.667. The molecule has 0 spiro atoms. The van der Waals surface area contributed by atoms with Crippen LogP contribution in [-0.2, 0) is 9.53 Å². The molecular weight excluding hydrogens is 328 g/mol. The standard InChI is InChI=1S/C21H34N2O3/c1-14(12-19(24)26-4)16-10-11-18(17(22)13-16)23-20(21(2,3)25)15-8-6-5-7-9-15/h10-11,13-15,20,23,25H,5-9,12,22H2,1-4H3. The third-order valence-corrected chi connectivity index (χ3v) is 5.54. The smallest absolute Gasteiger partial charge is 0.306 e. The van der Waals surface area contributed by atoms with Gasteiger partial charge in [0.05, 0.1) is 36.5 Å². The molecule has 1 aliphatic rings. The number of esters is 1. The van der Waals surface area contributed by atoms with Gasteiger partial charge in [0, 0.05) is 0 Å². The highest BCUT2D eigenvalue weighted by Crippen LogP contribution is 2.35. The average Bonchev–Trinajstić information content (AvgIpc) is 2.60. The Labute approximate surface area is 157 Å². The second-order valence-corrected chi connectivity index (χ2v) is 8.20. The van der Waals surface area contributed by atoms with E-state index in [1.165, 1.54) is 26.4 Å². The average molecular weight is 363 g/mol. The highest BCUT2D eigenvalue weighted by molar-refractivity contribution is 5.71. The van der Waals surface area contributed by atoms with E-state index in [1.54, 1.807) is 0 Å². The van der Waals surface area contributed by atoms with Crippen LogP contribution in [-0.4, -0.2) is 29.8 Å². The van der Waals surface area contributed by atoms with Crippen molar-refractivity contribution in [3.63, 3.8) is 0 Å². The number of ether oxygens (including phenoxy) is 1. The number of benzene rings is 1. The molecule has 1 fully saturated rings. The zero-order valence-corrected chi connectivity index (χ0v) is 16.5. The maximum absolute atomic E-state index is 11.5. The van der Waals surface area contributed by atoms with E-state index in [1.807, 2.05) is 39.0 Å². The van der Waals surface area contributed by atoms with Crippen molar-refractivity contribution < 1.29 is 14.6 Å². The van der Waals surface area contributed by atoms with Crippen molar-refractivity contribution in [2.45, 2.75) is 76.9 Å². The molecule has 0 amide bonds. The van der Waals surface area contributed by atoms with E-state index in [0.717, 1.165) is 24.1 Å². The van der Waals surface area contributed by atoms with E-state index in [0.29, 0.717) is 18.0 Å². The number of nitrogen functional groups attached to an aromatic ring is 1. The number of carbonyl (C=O) groups is 1. The molecule has 2 atom stereocenters. The zero-order valence-electron chi connectivity index (χ0n) is 16.5. The molecule has 2 rings (SSSR count). The summed E-state index contributed by atoms with van der Waals surface area (Å²) in [5.74, 6) is 0.265. The Bertz CT molecular complexity index is 604. The molecule has 0 aromatic heterocycles. The molecule has 1 aliphatic carbocycles. The molecule has 0 bridgehead atoms. The molecule has 0 heterocycles. The van der Waals surface area contributed by atoms with E-state index in [-0.39, 0.29) is 17.9 Å². The predicted octanol–water partition coefficient (Wildman–Crippen LogP) is 4.07. The maximum Gasteiger partial charge on any atom is 0.306 e. The number of nitrogens with two attached hydrogens (primary N) is 1. The highest BCUT2D eigenvalue weighted by Gasteiger charge is 2.35. The van der Waals surface area contributed by atoms with E-state index in [4.69, 9.17) is 10.5 Å². The summed E-state index contributed by atoms with van der Waals surface area (Å²) in [7, 11) is 1.40. The van der Waals surface area contributed by atoms with Gasteiger partial charge in [-0.15, -0.1) is 0 Å². The number of hydrogen-bond donors (Lipinski definition) is 3. The molecule has 0 radical (unpaired) electrons. The van der Waals surface area contributed by atoms with Gasteiger partial charge in [-0.2, -0.15) is 0 Å². The van der Waals surface area contributed by atoms with Crippen LogP contribution >= 0.6 is 0 Å². The SMILES string of the molecule is COC(=O)CC(C)c1ccc(NC(C2CCCCC2)C(C)(C)O)c(N)c1. The van der Waals surface area contributed by atoms with Crippen LogP contribution in [0.1, 0.15) is 70.8 Å². The second kappa shape index (κ2) is 8.76. The van der Waals surface area contributed by atoms with Gasteiger partial charge in [-0.3, -0.25) is 4.79 Å². The Balaban J connectivity index is 2.15. The fourth-order valence-electron chi connectivity index (χ4n) is 3.98. The first-order valence-electron chi connectivity index (χ1n) is 9.67. The van der Waals surface area contributed by atoms with Crippen molar-refractivity contribution >= 4 is 17.3 Å². The third-order valence-electron chi connectivity index (χ3n) is 5.54. The summed E-state index contributed by atoms with van der Waals surface area (Å²) in [5, 5.41) is 14.2. The van der Waals surface area contributed by atoms with Gasteiger partial charge in [0.25, 0.3) is 0 Å². The molecule has 1 aromatic rings. The monoisotopic (exact) mass is 362 g/mol. The summed E-state index contributed by atoms with van der Waals surface area (Å²) in [6.07, 6.45) is 6.32. The van der Waals surface area contributed by atoms with Crippen LogP contribution in [0, 0.1) is 5.92 Å². The fourth-order valence-corrected chi connectivity index (χ4v) is 3.98. The molecule has 1 saturated carbocycles. The van der Waals surface area contributed by atoms with Gasteiger partial charge in [0.15, 0.2) is 0 Å². The van der Waals surface area contributed by atoms with Crippen molar-refractivity contribution in [3.8, 4) is 0 Å². The van der Waals surface area contributed by atoms with Crippen LogP contribution in [0.2, 0.25) is 0 Å². The first-order chi connectivity index (χ1) is 12.2. The molecule has 2 unspecified atom stereocenters. The first-order valence-corrected chi connectivity index (χ1v) is 9.67. The lowest BCUT2D eigenvalue weighted by molar-refractivity contribution is -0.140. The third kappa shape index (κ3) is 5.37. The van der Waals surface area contributed by atoms with Crippen molar-refractivity contribution in [1.29, 1.82) is 0 Å². The summed E-state index contributed by atoms with van der Waals surface area (Å²) < 4.78 is 4.74. The molecule has 5 nitrogen and oxygen atoms in total. The number of methoxy groups -OCH3 is 1. The Morgan fingerprint density at radius 2 is 2.00 bits per heavy atom. The van der Waals surface area contributed by atoms with Gasteiger partial charge in [-0.05, 0) is 56.2 Å². The van der Waals surface area contributed by atoms with Crippen LogP contribution in [0.15, 0.2) is 18.2 Å². The number of anilines is 2. The van der Waals surface area contributed by atoms with Gasteiger partial charge in [-0.1, -0.05) is 32.3 Å². The Morgan fingerprint density at radius 3 is 2.54 bits per heavy atom. The first kappa shape index (κ1) is 20.6. The highest BCUT2D eigenvalue weighted by atomic mass is 16.5. The largest absolute Gasteiger partial charge is 0.469 e. The molecule has 5 heteroatoms. The van der Waals surface area contributed by atoms with Gasteiger partial charge in [0.1, 0.15) is 0 Å². The minimum atomic E-state index is -0.828. The number of rotatable bonds is 7. The Hall–Kier alpha value is -1.75. The summed E-state index contributed by atoms with van der Waals surface area (Å²) in [6.45, 7) is 5.71. The minimum Gasteiger partial charge on any atom is -0.469 e. The van der Waals surface area contributed by atoms with Crippen molar-refractivity contribution in [2.24, 2.45) is 5.92 Å². The van der Waals surface area contributed by atoms with Crippen LogP contribution in [0.4, 0.5) is 11.4 Å². The number of aliphatic hydroxyl groups is 1. The second-order valence-electron chi connectivity index (χ2n) is 8.20. The molecule has 1 aromatic carbocycles. The van der Waals surface area contributed by atoms with E-state index in [9.17, 15) is 9.90 Å². The Kier molecular flexibility index (Phi) is 6.93. The summed E-state index contributed by atoms with van der Waals surface area (Å²) in [6, 6.07) is 5.83. The lowest BCUT2D eigenvalue weighted by Gasteiger charge is -2.39. The van der Waals surface area contributed by atoms with Crippen LogP contribution < -0.4 is 11.1 Å². The quantitative estimate of drug-likeness (QED) is 0.503. The lowest BCUT2D eigenvalue weighted by Crippen LogP contribution is -2.47. The van der Waals surface area contributed by atoms with Gasteiger partial charge < -0.3 is 20.9 Å². The molecule has 0 aliphatic heterocycles. The number of carbonyl (C=O) groups excluding carboxylic acids is 1. The molecule has 0 saturated heterocycles. The van der Waals surface area contributed by atoms with Crippen molar-refractivity contribution in [1.82, 2.24) is 0 Å². The van der Waals surface area contributed by atoms with E-state index >= 15 is 0 Å². The zero-order chi connectivity index (χ0) is 19.3. The topological polar surface area (TPSA) is 84.6 Å². The minimum absolute atomic E-state index is 0.0385. The number of nitrogens with one attached hydrogen (secondary N) is 1. The molecule has 146 valence electrons. The summed E-state index contributed by atoms with van der Waals surface area (Å²) in [4.78, 5) is 11.5. The Morgan fingerprint density at radius 1 is 1.35 bits per heavy atom. The van der Waals surface area contributed by atoms with E-state index in [2.05, 4.69) is 5.32 Å². The lowest BCUT2D eigenvalue weighted by atomic mass is 9.77. The van der Waals surface area contributed by atoms with Crippen molar-refractivity contribution in [3.05, 3.63) is 23.8 Å². The number of hydrogen-bond acceptors (Lipinski definition) is 5. The van der Waals surface area contributed by atoms with E-state index < -0.39 is 5.60 Å². The van der Waals surface area contributed by atoms with Crippen LogP contribution in [0.5, 0.6) is 0 Å². The molecular formula is C21H34N2O3. The van der Waals surface area contributed by atoms with Gasteiger partial charge in [0.2, 0.25) is 0 Å². The molecule has 26 heavy (non-hydrogen) atoms. The maximum atomic E-state index is 11.5. The van der Waals surface area contributed by atoms with Crippen molar-refractivity contribution in [2.75, 3.05) is 18.2 Å². The van der Waals surface area contributed by atoms with Crippen LogP contribution in [0.3, 0.4) is 0 Å².